The van der Waals surface area contributed by atoms with Crippen LogP contribution >= 0.6 is 0 Å². The molecule has 0 bridgehead atoms. The van der Waals surface area contributed by atoms with E-state index in [4.69, 9.17) is 0 Å². The Morgan fingerprint density at radius 3 is 2.36 bits per heavy atom. The van der Waals surface area contributed by atoms with Gasteiger partial charge in [0.15, 0.2) is 5.69 Å². The van der Waals surface area contributed by atoms with Gasteiger partial charge in [0.05, 0.1) is 6.04 Å². The first-order valence-electron chi connectivity index (χ1n) is 6.84. The fraction of sp³-hybridized carbons (Fsp3) is 0.250. The van der Waals surface area contributed by atoms with Gasteiger partial charge in [-0.2, -0.15) is 13.2 Å². The summed E-state index contributed by atoms with van der Waals surface area (Å²) >= 11 is 0. The lowest BCUT2D eigenvalue weighted by Gasteiger charge is -2.19. The molecular weight excluding hydrogens is 291 g/mol. The summed E-state index contributed by atoms with van der Waals surface area (Å²) < 4.78 is 37.4. The highest BCUT2D eigenvalue weighted by molar-refractivity contribution is 5.38. The summed E-state index contributed by atoms with van der Waals surface area (Å²) in [6.07, 6.45) is -1.14. The van der Waals surface area contributed by atoms with Crippen LogP contribution in [0.3, 0.4) is 0 Å². The molecule has 1 aromatic carbocycles. The zero-order valence-electron chi connectivity index (χ0n) is 11.8. The minimum atomic E-state index is -4.48. The second-order valence-corrected chi connectivity index (χ2v) is 4.78. The molecular formula is C16H16F3N3. The van der Waals surface area contributed by atoms with Crippen LogP contribution in [-0.4, -0.2) is 10.2 Å². The zero-order valence-corrected chi connectivity index (χ0v) is 11.8. The molecule has 0 aliphatic rings. The van der Waals surface area contributed by atoms with Gasteiger partial charge < -0.3 is 5.32 Å². The Bertz CT molecular complexity index is 594. The van der Waals surface area contributed by atoms with Gasteiger partial charge in [0, 0.05) is 0 Å². The van der Waals surface area contributed by atoms with Crippen molar-refractivity contribution in [3.8, 4) is 0 Å². The van der Waals surface area contributed by atoms with Gasteiger partial charge in [-0.05, 0) is 30.5 Å². The second kappa shape index (κ2) is 7.06. The van der Waals surface area contributed by atoms with E-state index in [0.29, 0.717) is 5.82 Å². The molecule has 0 spiro atoms. The number of halogens is 3. The number of rotatable bonds is 6. The van der Waals surface area contributed by atoms with Gasteiger partial charge in [0.1, 0.15) is 5.82 Å². The van der Waals surface area contributed by atoms with E-state index < -0.39 is 11.9 Å². The van der Waals surface area contributed by atoms with Gasteiger partial charge in [-0.1, -0.05) is 36.4 Å². The fourth-order valence-corrected chi connectivity index (χ4v) is 2.03. The average molecular weight is 307 g/mol. The molecule has 0 fully saturated rings. The Hall–Kier alpha value is -2.37. The van der Waals surface area contributed by atoms with Crippen molar-refractivity contribution in [1.29, 1.82) is 0 Å². The molecule has 22 heavy (non-hydrogen) atoms. The van der Waals surface area contributed by atoms with Crippen molar-refractivity contribution in [3.63, 3.8) is 0 Å². The standard InChI is InChI=1S/C16H16F3N3/c1-2-3-9-13(12-7-5-4-6-8-12)20-15-11-10-14(21-22-15)16(17,18)19/h2,4-8,10-11,13H,1,3,9H2,(H,20,22). The van der Waals surface area contributed by atoms with Crippen molar-refractivity contribution in [2.45, 2.75) is 25.1 Å². The van der Waals surface area contributed by atoms with Gasteiger partial charge in [-0.25, -0.2) is 0 Å². The maximum Gasteiger partial charge on any atom is 0.435 e. The van der Waals surface area contributed by atoms with Crippen LogP contribution in [0.2, 0.25) is 0 Å². The maximum absolute atomic E-state index is 12.5. The van der Waals surface area contributed by atoms with Crippen molar-refractivity contribution >= 4 is 5.82 Å². The molecule has 2 rings (SSSR count). The summed E-state index contributed by atoms with van der Waals surface area (Å²) in [5, 5.41) is 9.95. The quantitative estimate of drug-likeness (QED) is 0.792. The van der Waals surface area contributed by atoms with E-state index in [1.165, 1.54) is 6.07 Å². The molecule has 0 aliphatic heterocycles. The van der Waals surface area contributed by atoms with Gasteiger partial charge in [-0.15, -0.1) is 16.8 Å². The molecule has 1 unspecified atom stereocenters. The van der Waals surface area contributed by atoms with Crippen LogP contribution in [0.25, 0.3) is 0 Å². The van der Waals surface area contributed by atoms with Crippen LogP contribution in [0.15, 0.2) is 55.1 Å². The number of aromatic nitrogens is 2. The Balaban J connectivity index is 2.15. The van der Waals surface area contributed by atoms with Crippen molar-refractivity contribution in [3.05, 3.63) is 66.4 Å². The number of hydrogen-bond acceptors (Lipinski definition) is 3. The van der Waals surface area contributed by atoms with Crippen molar-refractivity contribution in [2.24, 2.45) is 0 Å². The largest absolute Gasteiger partial charge is 0.435 e. The third-order valence-electron chi connectivity index (χ3n) is 3.14. The van der Waals surface area contributed by atoms with Crippen LogP contribution in [0.1, 0.15) is 30.1 Å². The molecule has 0 aliphatic carbocycles. The molecule has 1 atom stereocenters. The molecule has 0 amide bonds. The molecule has 2 aromatic rings. The fourth-order valence-electron chi connectivity index (χ4n) is 2.03. The highest BCUT2D eigenvalue weighted by Crippen LogP contribution is 2.28. The predicted octanol–water partition coefficient (Wildman–Crippen LogP) is 4.61. The van der Waals surface area contributed by atoms with Crippen LogP contribution in [-0.2, 0) is 6.18 Å². The van der Waals surface area contributed by atoms with Crippen molar-refractivity contribution in [2.75, 3.05) is 5.32 Å². The summed E-state index contributed by atoms with van der Waals surface area (Å²) in [6, 6.07) is 11.8. The lowest BCUT2D eigenvalue weighted by molar-refractivity contribution is -0.141. The number of allylic oxidation sites excluding steroid dienone is 1. The van der Waals surface area contributed by atoms with Crippen molar-refractivity contribution in [1.82, 2.24) is 10.2 Å². The third-order valence-corrected chi connectivity index (χ3v) is 3.14. The van der Waals surface area contributed by atoms with Crippen LogP contribution in [0.4, 0.5) is 19.0 Å². The highest BCUT2D eigenvalue weighted by atomic mass is 19.4. The van der Waals surface area contributed by atoms with Gasteiger partial charge in [0.25, 0.3) is 0 Å². The van der Waals surface area contributed by atoms with Gasteiger partial charge in [0.2, 0.25) is 0 Å². The SMILES string of the molecule is C=CCCC(Nc1ccc(C(F)(F)F)nn1)c1ccccc1. The average Bonchev–Trinajstić information content (AvgIpc) is 2.52. The normalized spacial score (nSPS) is 12.7. The molecule has 0 saturated heterocycles. The van der Waals surface area contributed by atoms with Crippen molar-refractivity contribution < 1.29 is 13.2 Å². The molecule has 6 heteroatoms. The monoisotopic (exact) mass is 307 g/mol. The van der Waals surface area contributed by atoms with Crippen LogP contribution < -0.4 is 5.32 Å². The molecule has 116 valence electrons. The first-order chi connectivity index (χ1) is 10.5. The summed E-state index contributed by atoms with van der Waals surface area (Å²) in [6.45, 7) is 3.69. The molecule has 1 N–H and O–H groups in total. The molecule has 3 nitrogen and oxygen atoms in total. The number of hydrogen-bond donors (Lipinski definition) is 1. The third kappa shape index (κ3) is 4.31. The van der Waals surface area contributed by atoms with E-state index in [1.807, 2.05) is 30.3 Å². The Kier molecular flexibility index (Phi) is 5.14. The lowest BCUT2D eigenvalue weighted by Crippen LogP contribution is -2.14. The Morgan fingerprint density at radius 1 is 1.09 bits per heavy atom. The summed E-state index contributed by atoms with van der Waals surface area (Å²) in [7, 11) is 0. The zero-order chi connectivity index (χ0) is 16.0. The molecule has 0 radical (unpaired) electrons. The number of nitrogens with zero attached hydrogens (tertiary/aromatic N) is 2. The van der Waals surface area contributed by atoms with E-state index in [9.17, 15) is 13.2 Å². The minimum absolute atomic E-state index is 0.0646. The van der Waals surface area contributed by atoms with Gasteiger partial charge >= 0.3 is 6.18 Å². The smallest absolute Gasteiger partial charge is 0.362 e. The number of benzene rings is 1. The Morgan fingerprint density at radius 2 is 1.82 bits per heavy atom. The first kappa shape index (κ1) is 16.0. The summed E-state index contributed by atoms with van der Waals surface area (Å²) in [5.41, 5.74) is 0.0338. The number of alkyl halides is 3. The lowest BCUT2D eigenvalue weighted by atomic mass is 10.0. The summed E-state index contributed by atoms with van der Waals surface area (Å²) in [4.78, 5) is 0. The molecule has 1 aromatic heterocycles. The van der Waals surface area contributed by atoms with E-state index in [2.05, 4.69) is 22.1 Å². The van der Waals surface area contributed by atoms with E-state index in [0.717, 1.165) is 24.5 Å². The highest BCUT2D eigenvalue weighted by Gasteiger charge is 2.32. The Labute approximate surface area is 126 Å². The summed E-state index contributed by atoms with van der Waals surface area (Å²) in [5.74, 6) is 0.311. The maximum atomic E-state index is 12.5. The van der Waals surface area contributed by atoms with Crippen LogP contribution in [0, 0.1) is 0 Å². The van der Waals surface area contributed by atoms with Gasteiger partial charge in [-0.3, -0.25) is 0 Å². The number of anilines is 1. The number of nitrogens with one attached hydrogen (secondary N) is 1. The minimum Gasteiger partial charge on any atom is -0.362 e. The van der Waals surface area contributed by atoms with E-state index in [1.54, 1.807) is 6.08 Å². The van der Waals surface area contributed by atoms with Crippen LogP contribution in [0.5, 0.6) is 0 Å². The second-order valence-electron chi connectivity index (χ2n) is 4.78. The molecule has 0 saturated carbocycles. The molecule has 1 heterocycles. The predicted molar refractivity (Wildman–Crippen MR) is 79.3 cm³/mol. The van der Waals surface area contributed by atoms with E-state index in [-0.39, 0.29) is 6.04 Å². The topological polar surface area (TPSA) is 37.8 Å². The first-order valence-corrected chi connectivity index (χ1v) is 6.84. The van der Waals surface area contributed by atoms with E-state index >= 15 is 0 Å².